The SMILES string of the molecule is CCC1=CC2C[C@](C(=O)OC)(c3cc4c(cc3OC)N(C)[C@H]3C(O)(C(=O)OC)[C@H](OC(C)=O)[C@]5(CC)C=CCN6CCC43[C@@H]65)c3[nH]c4ccccc4c3C[N@@+]([O-])(C1)C2. The van der Waals surface area contributed by atoms with Crippen molar-refractivity contribution >= 4 is 34.5 Å². The molecule has 2 N–H and O–H groups in total. The second kappa shape index (κ2) is 13.2. The van der Waals surface area contributed by atoms with Gasteiger partial charge in [-0.1, -0.05) is 50.3 Å². The van der Waals surface area contributed by atoms with E-state index in [9.17, 15) is 19.9 Å². The van der Waals surface area contributed by atoms with Gasteiger partial charge in [-0.3, -0.25) is 14.5 Å². The average Bonchev–Trinajstić information content (AvgIpc) is 3.86. The van der Waals surface area contributed by atoms with Crippen LogP contribution in [0.1, 0.15) is 68.8 Å². The molecule has 2 fully saturated rings. The summed E-state index contributed by atoms with van der Waals surface area (Å²) in [6.07, 6.45) is 6.98. The number of anilines is 1. The quantitative estimate of drug-likeness (QED) is 0.112. The molecule has 9 atom stereocenters. The molecule has 5 aliphatic heterocycles. The molecule has 1 saturated heterocycles. The highest BCUT2D eigenvalue weighted by atomic mass is 16.6. The van der Waals surface area contributed by atoms with Gasteiger partial charge in [0.2, 0.25) is 5.60 Å². The van der Waals surface area contributed by atoms with E-state index in [0.717, 1.165) is 39.7 Å². The number of likely N-dealkylation sites (N-methyl/N-ethyl adjacent to an activating group) is 1. The van der Waals surface area contributed by atoms with Gasteiger partial charge in [0.15, 0.2) is 6.10 Å². The number of quaternary nitrogens is 1. The Bertz CT molecular complexity index is 2300. The Balaban J connectivity index is 1.38. The summed E-state index contributed by atoms with van der Waals surface area (Å²) in [4.78, 5) is 50.5. The number of fused-ring (bicyclic) bond motifs is 6. The summed E-state index contributed by atoms with van der Waals surface area (Å²) in [5.41, 5.74) is -0.280. The van der Waals surface area contributed by atoms with Crippen molar-refractivity contribution in [2.24, 2.45) is 11.3 Å². The largest absolute Gasteiger partial charge is 0.632 e. The minimum Gasteiger partial charge on any atom is -0.632 e. The second-order valence-corrected chi connectivity index (χ2v) is 17.6. The molecular formula is C45H54N4O9. The zero-order chi connectivity index (χ0) is 41.2. The smallest absolute Gasteiger partial charge is 0.344 e. The van der Waals surface area contributed by atoms with Crippen molar-refractivity contribution in [2.75, 3.05) is 59.5 Å². The van der Waals surface area contributed by atoms with Gasteiger partial charge < -0.3 is 43.8 Å². The third-order valence-corrected chi connectivity index (χ3v) is 15.0. The molecule has 6 heterocycles. The van der Waals surface area contributed by atoms with Crippen LogP contribution in [0.25, 0.3) is 10.9 Å². The Morgan fingerprint density at radius 2 is 1.79 bits per heavy atom. The van der Waals surface area contributed by atoms with Gasteiger partial charge in [-0.2, -0.15) is 0 Å². The van der Waals surface area contributed by atoms with Gasteiger partial charge >= 0.3 is 17.9 Å². The first-order valence-electron chi connectivity index (χ1n) is 20.5. The minimum absolute atomic E-state index is 0.167. The number of H-pyrrole nitrogens is 1. The number of rotatable bonds is 7. The maximum Gasteiger partial charge on any atom is 0.344 e. The number of hydrogen-bond acceptors (Lipinski definition) is 11. The van der Waals surface area contributed by atoms with Crippen LogP contribution in [-0.4, -0.2) is 116 Å². The molecule has 58 heavy (non-hydrogen) atoms. The lowest BCUT2D eigenvalue weighted by molar-refractivity contribution is -0.894. The fourth-order valence-corrected chi connectivity index (χ4v) is 13.1. The normalized spacial score (nSPS) is 35.8. The van der Waals surface area contributed by atoms with Crippen molar-refractivity contribution < 1.29 is 43.1 Å². The lowest BCUT2D eigenvalue weighted by Gasteiger charge is -2.63. The molecule has 2 bridgehead atoms. The van der Waals surface area contributed by atoms with Crippen molar-refractivity contribution in [3.8, 4) is 5.75 Å². The number of carbonyl (C=O) groups is 3. The summed E-state index contributed by atoms with van der Waals surface area (Å²) in [6.45, 7) is 7.51. The molecule has 3 aromatic rings. The van der Waals surface area contributed by atoms with E-state index in [0.29, 0.717) is 56.0 Å². The molecule has 13 heteroatoms. The molecule has 13 nitrogen and oxygen atoms in total. The number of para-hydroxylation sites is 1. The van der Waals surface area contributed by atoms with E-state index >= 15 is 4.79 Å². The van der Waals surface area contributed by atoms with Gasteiger partial charge in [-0.25, -0.2) is 4.79 Å². The van der Waals surface area contributed by atoms with Crippen molar-refractivity contribution in [1.82, 2.24) is 9.88 Å². The van der Waals surface area contributed by atoms with Crippen LogP contribution >= 0.6 is 0 Å². The topological polar surface area (TPSA) is 154 Å². The van der Waals surface area contributed by atoms with Crippen LogP contribution in [-0.2, 0) is 46.0 Å². The molecule has 6 aliphatic rings. The number of aliphatic hydroxyl groups is 1. The average molecular weight is 795 g/mol. The summed E-state index contributed by atoms with van der Waals surface area (Å²) < 4.78 is 23.4. The summed E-state index contributed by atoms with van der Waals surface area (Å²) in [5.74, 6) is -1.83. The predicted octanol–water partition coefficient (Wildman–Crippen LogP) is 4.77. The fourth-order valence-electron chi connectivity index (χ4n) is 13.1. The number of hydrogen-bond donors (Lipinski definition) is 2. The van der Waals surface area contributed by atoms with Gasteiger partial charge in [0.25, 0.3) is 0 Å². The minimum atomic E-state index is -2.31. The zero-order valence-electron chi connectivity index (χ0n) is 34.4. The summed E-state index contributed by atoms with van der Waals surface area (Å²) in [7, 11) is 6.08. The number of esters is 3. The first kappa shape index (κ1) is 38.8. The highest BCUT2D eigenvalue weighted by Gasteiger charge is 2.80. The summed E-state index contributed by atoms with van der Waals surface area (Å²) >= 11 is 0. The highest BCUT2D eigenvalue weighted by Crippen LogP contribution is 2.68. The van der Waals surface area contributed by atoms with Crippen molar-refractivity contribution in [3.63, 3.8) is 0 Å². The molecule has 9 rings (SSSR count). The maximum absolute atomic E-state index is 15.2. The number of hydroxylamine groups is 3. The molecule has 3 unspecified atom stereocenters. The third-order valence-electron chi connectivity index (χ3n) is 15.0. The molecule has 1 saturated carbocycles. The summed E-state index contributed by atoms with van der Waals surface area (Å²) in [6, 6.07) is 10.6. The molecule has 1 spiro atoms. The van der Waals surface area contributed by atoms with Crippen molar-refractivity contribution in [2.45, 2.75) is 87.6 Å². The van der Waals surface area contributed by atoms with Gasteiger partial charge in [0, 0.05) is 82.8 Å². The van der Waals surface area contributed by atoms with Gasteiger partial charge in [0.1, 0.15) is 24.3 Å². The van der Waals surface area contributed by atoms with Crippen LogP contribution in [0.5, 0.6) is 5.75 Å². The fraction of sp³-hybridized carbons (Fsp3) is 0.533. The van der Waals surface area contributed by atoms with Crippen LogP contribution in [0, 0.1) is 16.5 Å². The number of nitrogens with one attached hydrogen (secondary N) is 1. The van der Waals surface area contributed by atoms with E-state index in [4.69, 9.17) is 18.9 Å². The zero-order valence-corrected chi connectivity index (χ0v) is 34.4. The maximum atomic E-state index is 15.2. The second-order valence-electron chi connectivity index (χ2n) is 17.6. The molecular weight excluding hydrogens is 741 g/mol. The lowest BCUT2D eigenvalue weighted by Crippen LogP contribution is -2.81. The van der Waals surface area contributed by atoms with Crippen LogP contribution in [0.15, 0.2) is 60.2 Å². The van der Waals surface area contributed by atoms with Crippen LogP contribution < -0.4 is 9.64 Å². The Kier molecular flexibility index (Phi) is 8.80. The highest BCUT2D eigenvalue weighted by molar-refractivity contribution is 5.95. The first-order valence-corrected chi connectivity index (χ1v) is 20.5. The van der Waals surface area contributed by atoms with Crippen molar-refractivity contribution in [1.29, 1.82) is 0 Å². The number of nitrogens with zero attached hydrogens (tertiary/aromatic N) is 3. The number of ether oxygens (including phenoxy) is 4. The van der Waals surface area contributed by atoms with Crippen LogP contribution in [0.2, 0.25) is 0 Å². The molecule has 0 radical (unpaired) electrons. The van der Waals surface area contributed by atoms with Gasteiger partial charge in [-0.15, -0.1) is 0 Å². The van der Waals surface area contributed by atoms with E-state index in [1.165, 1.54) is 21.1 Å². The Hall–Kier alpha value is -4.69. The van der Waals surface area contributed by atoms with E-state index in [1.54, 1.807) is 7.11 Å². The Labute approximate surface area is 338 Å². The van der Waals surface area contributed by atoms with E-state index in [2.05, 4.69) is 29.0 Å². The molecule has 308 valence electrons. The predicted molar refractivity (Wildman–Crippen MR) is 216 cm³/mol. The molecule has 0 amide bonds. The summed E-state index contributed by atoms with van der Waals surface area (Å²) in [5, 5.41) is 29.0. The number of benzene rings is 2. The third kappa shape index (κ3) is 4.81. The monoisotopic (exact) mass is 794 g/mol. The standard InChI is InChI=1S/C45H54N4O9/c1-8-27-19-28-22-44(40(51)56-6,36-30(25-49(54,23-27)24-28)29-13-10-11-14-33(29)46-36)32-20-31-34(21-35(32)55-5)47(4)38-43(31)16-18-48-17-12-15-42(9-2,37(43)48)39(58-26(3)50)45(38,53)41(52)57-7/h10-15,19-21,28,37-39,46,53H,8-9,16-18,22-25H2,1-7H3/t28?,37-,38+,39+,42+,43?,44-,45?,49+/m0/s1. The first-order chi connectivity index (χ1) is 27.7. The number of methoxy groups -OCH3 is 3. The van der Waals surface area contributed by atoms with E-state index < -0.39 is 56.5 Å². The van der Waals surface area contributed by atoms with E-state index in [-0.39, 0.29) is 24.9 Å². The lowest BCUT2D eigenvalue weighted by atomic mass is 9.47. The van der Waals surface area contributed by atoms with Gasteiger partial charge in [-0.05, 0) is 55.5 Å². The van der Waals surface area contributed by atoms with E-state index in [1.807, 2.05) is 61.4 Å². The number of aromatic nitrogens is 1. The molecule has 2 aromatic carbocycles. The van der Waals surface area contributed by atoms with Crippen molar-refractivity contribution in [3.05, 3.63) is 87.8 Å². The molecule has 1 aromatic heterocycles. The Morgan fingerprint density at radius 1 is 1.03 bits per heavy atom. The van der Waals surface area contributed by atoms with Crippen LogP contribution in [0.4, 0.5) is 5.69 Å². The number of aromatic amines is 1. The Morgan fingerprint density at radius 3 is 2.48 bits per heavy atom. The number of carbonyl (C=O) groups excluding carboxylic acids is 3. The van der Waals surface area contributed by atoms with Gasteiger partial charge in [0.05, 0.1) is 33.9 Å². The van der Waals surface area contributed by atoms with Crippen LogP contribution in [0.3, 0.4) is 0 Å². The molecule has 1 aliphatic carbocycles.